The Bertz CT molecular complexity index is 525. The number of nitrogens with zero attached hydrogens (tertiary/aromatic N) is 2. The van der Waals surface area contributed by atoms with E-state index in [0.717, 1.165) is 19.2 Å². The van der Waals surface area contributed by atoms with Gasteiger partial charge in [0.2, 0.25) is 0 Å². The lowest BCUT2D eigenvalue weighted by atomic mass is 10.2. The molecule has 16 heavy (non-hydrogen) atoms. The number of aromatic hydroxyl groups is 1. The molecule has 0 radical (unpaired) electrons. The highest BCUT2D eigenvalue weighted by atomic mass is 79.9. The van der Waals surface area contributed by atoms with Gasteiger partial charge < -0.3 is 5.11 Å². The quantitative estimate of drug-likeness (QED) is 0.814. The Hall–Kier alpha value is -0.330. The summed E-state index contributed by atoms with van der Waals surface area (Å²) in [5, 5.41) is 13.9. The molecule has 0 aliphatic heterocycles. The molecule has 1 aromatic heterocycles. The minimum absolute atomic E-state index is 0.275. The molecule has 1 aromatic carbocycles. The van der Waals surface area contributed by atoms with E-state index in [4.69, 9.17) is 0 Å². The van der Waals surface area contributed by atoms with E-state index in [1.54, 1.807) is 16.8 Å². The predicted molar refractivity (Wildman–Crippen MR) is 72.5 cm³/mol. The molecule has 1 heterocycles. The molecule has 6 heteroatoms. The van der Waals surface area contributed by atoms with Gasteiger partial charge in [-0.15, -0.1) is 0 Å². The summed E-state index contributed by atoms with van der Waals surface area (Å²) in [4.78, 5) is 0. The maximum atomic E-state index is 9.66. The number of benzene rings is 1. The number of halogens is 3. The topological polar surface area (TPSA) is 38.0 Å². The molecule has 0 saturated heterocycles. The Morgan fingerprint density at radius 2 is 1.88 bits per heavy atom. The Labute approximate surface area is 118 Å². The zero-order valence-corrected chi connectivity index (χ0v) is 12.8. The molecule has 0 amide bonds. The van der Waals surface area contributed by atoms with E-state index in [1.807, 2.05) is 12.1 Å². The van der Waals surface area contributed by atoms with Crippen LogP contribution >= 0.6 is 47.8 Å². The van der Waals surface area contributed by atoms with Crippen molar-refractivity contribution < 1.29 is 5.11 Å². The summed E-state index contributed by atoms with van der Waals surface area (Å²) < 4.78 is 4.18. The first-order valence-corrected chi connectivity index (χ1v) is 6.81. The average molecular weight is 411 g/mol. The van der Waals surface area contributed by atoms with E-state index in [-0.39, 0.29) is 5.75 Å². The standard InChI is InChI=1S/C10H7Br3N2O/c11-8-9(12)14-15(10(8)13)5-6-3-1-2-4-7(6)16/h1-4,16H,5H2. The summed E-state index contributed by atoms with van der Waals surface area (Å²) in [6, 6.07) is 7.21. The molecule has 0 atom stereocenters. The van der Waals surface area contributed by atoms with Gasteiger partial charge in [0.25, 0.3) is 0 Å². The minimum Gasteiger partial charge on any atom is -0.508 e. The molecule has 3 nitrogen and oxygen atoms in total. The number of para-hydroxylation sites is 1. The monoisotopic (exact) mass is 408 g/mol. The lowest BCUT2D eigenvalue weighted by molar-refractivity contribution is 0.463. The van der Waals surface area contributed by atoms with Crippen LogP contribution in [0.2, 0.25) is 0 Å². The Morgan fingerprint density at radius 1 is 1.19 bits per heavy atom. The molecule has 84 valence electrons. The highest BCUT2D eigenvalue weighted by Gasteiger charge is 2.12. The number of phenols is 1. The second kappa shape index (κ2) is 4.89. The minimum atomic E-state index is 0.275. The van der Waals surface area contributed by atoms with Gasteiger partial charge in [0.05, 0.1) is 11.0 Å². The maximum absolute atomic E-state index is 9.66. The second-order valence-electron chi connectivity index (χ2n) is 3.18. The fourth-order valence-corrected chi connectivity index (χ4v) is 2.62. The van der Waals surface area contributed by atoms with Crippen LogP contribution in [-0.4, -0.2) is 14.9 Å². The number of phenolic OH excluding ortho intramolecular Hbond substituents is 1. The van der Waals surface area contributed by atoms with Crippen molar-refractivity contribution in [3.05, 3.63) is 43.5 Å². The molecule has 0 spiro atoms. The third kappa shape index (κ3) is 2.33. The van der Waals surface area contributed by atoms with Crippen LogP contribution in [0.15, 0.2) is 37.9 Å². The Morgan fingerprint density at radius 3 is 2.44 bits per heavy atom. The van der Waals surface area contributed by atoms with Crippen molar-refractivity contribution in [2.24, 2.45) is 0 Å². The zero-order valence-electron chi connectivity index (χ0n) is 7.99. The third-order valence-corrected chi connectivity index (χ3v) is 5.29. The molecular weight excluding hydrogens is 404 g/mol. The first-order chi connectivity index (χ1) is 7.59. The highest BCUT2D eigenvalue weighted by molar-refractivity contribution is 9.14. The smallest absolute Gasteiger partial charge is 0.143 e. The van der Waals surface area contributed by atoms with E-state index in [0.29, 0.717) is 6.54 Å². The van der Waals surface area contributed by atoms with E-state index in [1.165, 1.54) is 0 Å². The number of aromatic nitrogens is 2. The van der Waals surface area contributed by atoms with Crippen LogP contribution in [0.25, 0.3) is 0 Å². The van der Waals surface area contributed by atoms with E-state index >= 15 is 0 Å². The van der Waals surface area contributed by atoms with Crippen molar-refractivity contribution in [3.63, 3.8) is 0 Å². The van der Waals surface area contributed by atoms with Crippen molar-refractivity contribution in [2.75, 3.05) is 0 Å². The number of rotatable bonds is 2. The van der Waals surface area contributed by atoms with Crippen LogP contribution in [0.3, 0.4) is 0 Å². The van der Waals surface area contributed by atoms with Crippen molar-refractivity contribution in [1.29, 1.82) is 0 Å². The molecule has 0 bridgehead atoms. The molecule has 0 aliphatic rings. The van der Waals surface area contributed by atoms with Gasteiger partial charge in [-0.3, -0.25) is 4.68 Å². The Kier molecular flexibility index (Phi) is 3.71. The van der Waals surface area contributed by atoms with Gasteiger partial charge in [0.1, 0.15) is 15.0 Å². The SMILES string of the molecule is Oc1ccccc1Cn1nc(Br)c(Br)c1Br. The van der Waals surface area contributed by atoms with Gasteiger partial charge in [-0.1, -0.05) is 18.2 Å². The molecular formula is C10H7Br3N2O. The van der Waals surface area contributed by atoms with Gasteiger partial charge in [-0.2, -0.15) is 5.10 Å². The first-order valence-electron chi connectivity index (χ1n) is 4.43. The van der Waals surface area contributed by atoms with Crippen molar-refractivity contribution >= 4 is 47.8 Å². The fraction of sp³-hybridized carbons (Fsp3) is 0.100. The van der Waals surface area contributed by atoms with Crippen LogP contribution in [-0.2, 0) is 6.54 Å². The van der Waals surface area contributed by atoms with Crippen LogP contribution in [0.5, 0.6) is 5.75 Å². The molecule has 2 rings (SSSR count). The van der Waals surface area contributed by atoms with Crippen molar-refractivity contribution in [3.8, 4) is 5.75 Å². The lowest BCUT2D eigenvalue weighted by Crippen LogP contribution is -2.02. The predicted octanol–water partition coefficient (Wildman–Crippen LogP) is 3.92. The maximum Gasteiger partial charge on any atom is 0.143 e. The molecule has 0 unspecified atom stereocenters. The van der Waals surface area contributed by atoms with Gasteiger partial charge in [-0.25, -0.2) is 0 Å². The molecule has 2 aromatic rings. The van der Waals surface area contributed by atoms with E-state index < -0.39 is 0 Å². The zero-order chi connectivity index (χ0) is 11.7. The Balaban J connectivity index is 2.34. The lowest BCUT2D eigenvalue weighted by Gasteiger charge is -2.05. The number of hydrogen-bond donors (Lipinski definition) is 1. The summed E-state index contributed by atoms with van der Waals surface area (Å²) in [5.74, 6) is 0.275. The normalized spacial score (nSPS) is 10.7. The molecule has 0 fully saturated rings. The molecule has 1 N–H and O–H groups in total. The summed E-state index contributed by atoms with van der Waals surface area (Å²) in [7, 11) is 0. The summed E-state index contributed by atoms with van der Waals surface area (Å²) in [6.45, 7) is 0.511. The van der Waals surface area contributed by atoms with Crippen molar-refractivity contribution in [2.45, 2.75) is 6.54 Å². The van der Waals surface area contributed by atoms with E-state index in [2.05, 4.69) is 52.9 Å². The van der Waals surface area contributed by atoms with Gasteiger partial charge in [0, 0.05) is 5.56 Å². The summed E-state index contributed by atoms with van der Waals surface area (Å²) in [5.41, 5.74) is 0.825. The van der Waals surface area contributed by atoms with Crippen molar-refractivity contribution in [1.82, 2.24) is 9.78 Å². The number of hydrogen-bond acceptors (Lipinski definition) is 2. The first kappa shape index (κ1) is 12.1. The fourth-order valence-electron chi connectivity index (χ4n) is 1.30. The second-order valence-corrected chi connectivity index (χ2v) is 5.48. The van der Waals surface area contributed by atoms with Crippen LogP contribution < -0.4 is 0 Å². The van der Waals surface area contributed by atoms with Crippen LogP contribution in [0, 0.1) is 0 Å². The van der Waals surface area contributed by atoms with E-state index in [9.17, 15) is 5.11 Å². The van der Waals surface area contributed by atoms with Gasteiger partial charge in [-0.05, 0) is 53.9 Å². The highest BCUT2D eigenvalue weighted by Crippen LogP contribution is 2.31. The molecule has 0 saturated carbocycles. The van der Waals surface area contributed by atoms with Gasteiger partial charge in [0.15, 0.2) is 0 Å². The third-order valence-electron chi connectivity index (χ3n) is 2.11. The van der Waals surface area contributed by atoms with Crippen LogP contribution in [0.1, 0.15) is 5.56 Å². The summed E-state index contributed by atoms with van der Waals surface area (Å²) in [6.07, 6.45) is 0. The molecule has 0 aliphatic carbocycles. The summed E-state index contributed by atoms with van der Waals surface area (Å²) >= 11 is 10.1. The average Bonchev–Trinajstić information content (AvgIpc) is 2.50. The van der Waals surface area contributed by atoms with Crippen LogP contribution in [0.4, 0.5) is 0 Å². The largest absolute Gasteiger partial charge is 0.508 e. The van der Waals surface area contributed by atoms with Gasteiger partial charge >= 0.3 is 0 Å².